The third-order valence-corrected chi connectivity index (χ3v) is 2.28. The Labute approximate surface area is 108 Å². The molecular weight excluding hydrogens is 255 g/mol. The lowest BCUT2D eigenvalue weighted by Gasteiger charge is -2.07. The number of carbonyl (C=O) groups is 2. The quantitative estimate of drug-likeness (QED) is 0.267. The van der Waals surface area contributed by atoms with Crippen molar-refractivity contribution in [2.45, 2.75) is 12.8 Å². The molecule has 0 heterocycles. The van der Waals surface area contributed by atoms with Crippen molar-refractivity contribution in [3.05, 3.63) is 28.3 Å². The van der Waals surface area contributed by atoms with Crippen molar-refractivity contribution in [3.8, 4) is 0 Å². The standard InChI is InChI=1S/C10H11BN2O6/c14-5-1-2-10(15)12-8-6-7(11(16)17)3-4-9(8)13(18)19/h3-6,16-17H,1-2H2,(H,12,15). The maximum Gasteiger partial charge on any atom is 0.488 e. The number of hydrogen-bond donors (Lipinski definition) is 3. The maximum atomic E-state index is 11.4. The molecule has 1 aromatic rings. The number of benzene rings is 1. The molecule has 0 saturated carbocycles. The predicted octanol–water partition coefficient (Wildman–Crippen LogP) is -0.808. The Morgan fingerprint density at radius 2 is 2.16 bits per heavy atom. The van der Waals surface area contributed by atoms with E-state index in [0.29, 0.717) is 6.29 Å². The number of nitrogens with zero attached hydrogens (tertiary/aromatic N) is 1. The first-order valence-electron chi connectivity index (χ1n) is 5.33. The third kappa shape index (κ3) is 4.16. The van der Waals surface area contributed by atoms with Gasteiger partial charge in [-0.05, 0) is 11.5 Å². The van der Waals surface area contributed by atoms with E-state index in [4.69, 9.17) is 10.0 Å². The number of rotatable bonds is 6. The second kappa shape index (κ2) is 6.62. The summed E-state index contributed by atoms with van der Waals surface area (Å²) in [4.78, 5) is 31.6. The average molecular weight is 266 g/mol. The molecule has 0 bridgehead atoms. The van der Waals surface area contributed by atoms with Crippen molar-refractivity contribution in [1.82, 2.24) is 0 Å². The highest BCUT2D eigenvalue weighted by Gasteiger charge is 2.20. The first-order valence-corrected chi connectivity index (χ1v) is 5.33. The fourth-order valence-corrected chi connectivity index (χ4v) is 1.38. The predicted molar refractivity (Wildman–Crippen MR) is 66.8 cm³/mol. The van der Waals surface area contributed by atoms with E-state index in [2.05, 4.69) is 5.32 Å². The zero-order valence-corrected chi connectivity index (χ0v) is 9.78. The van der Waals surface area contributed by atoms with Gasteiger partial charge < -0.3 is 20.2 Å². The van der Waals surface area contributed by atoms with Gasteiger partial charge in [0.25, 0.3) is 5.69 Å². The molecule has 0 aliphatic heterocycles. The Hall–Kier alpha value is -2.26. The van der Waals surface area contributed by atoms with Crippen LogP contribution in [0.15, 0.2) is 18.2 Å². The molecule has 0 spiro atoms. The monoisotopic (exact) mass is 266 g/mol. The minimum absolute atomic E-state index is 0.00193. The van der Waals surface area contributed by atoms with Crippen molar-refractivity contribution in [2.75, 3.05) is 5.32 Å². The highest BCUT2D eigenvalue weighted by Crippen LogP contribution is 2.22. The maximum absolute atomic E-state index is 11.4. The number of nitrogens with one attached hydrogen (secondary N) is 1. The Balaban J connectivity index is 3.00. The Morgan fingerprint density at radius 3 is 2.68 bits per heavy atom. The molecular formula is C10H11BN2O6. The molecule has 19 heavy (non-hydrogen) atoms. The summed E-state index contributed by atoms with van der Waals surface area (Å²) < 4.78 is 0. The number of nitro groups is 1. The van der Waals surface area contributed by atoms with Gasteiger partial charge in [-0.3, -0.25) is 14.9 Å². The van der Waals surface area contributed by atoms with Crippen LogP contribution in [-0.4, -0.2) is 34.3 Å². The van der Waals surface area contributed by atoms with Crippen LogP contribution < -0.4 is 10.8 Å². The summed E-state index contributed by atoms with van der Waals surface area (Å²) in [5, 5.41) is 31.0. The largest absolute Gasteiger partial charge is 0.488 e. The van der Waals surface area contributed by atoms with Gasteiger partial charge in [0.15, 0.2) is 0 Å². The summed E-state index contributed by atoms with van der Waals surface area (Å²) in [6.45, 7) is 0. The van der Waals surface area contributed by atoms with Gasteiger partial charge in [0, 0.05) is 18.9 Å². The molecule has 0 atom stereocenters. The average Bonchev–Trinajstić information content (AvgIpc) is 2.35. The minimum Gasteiger partial charge on any atom is -0.423 e. The van der Waals surface area contributed by atoms with Crippen molar-refractivity contribution in [2.24, 2.45) is 0 Å². The fraction of sp³-hybridized carbons (Fsp3) is 0.200. The molecule has 0 fully saturated rings. The Bertz CT molecular complexity index is 505. The normalized spacial score (nSPS) is 9.79. The molecule has 0 aliphatic carbocycles. The lowest BCUT2D eigenvalue weighted by atomic mass is 9.80. The molecule has 1 aromatic carbocycles. The summed E-state index contributed by atoms with van der Waals surface area (Å²) in [5.41, 5.74) is -0.508. The van der Waals surface area contributed by atoms with Gasteiger partial charge in [-0.1, -0.05) is 6.07 Å². The molecule has 0 radical (unpaired) electrons. The summed E-state index contributed by atoms with van der Waals surface area (Å²) in [6, 6.07) is 3.33. The van der Waals surface area contributed by atoms with Gasteiger partial charge in [0.2, 0.25) is 5.91 Å². The van der Waals surface area contributed by atoms with Crippen molar-refractivity contribution in [1.29, 1.82) is 0 Å². The highest BCUT2D eigenvalue weighted by molar-refractivity contribution is 6.58. The summed E-state index contributed by atoms with van der Waals surface area (Å²) >= 11 is 0. The number of hydrogen-bond acceptors (Lipinski definition) is 6. The van der Waals surface area contributed by atoms with Crippen LogP contribution in [0, 0.1) is 10.1 Å². The molecule has 0 aliphatic rings. The molecule has 0 aromatic heterocycles. The van der Waals surface area contributed by atoms with Crippen molar-refractivity contribution in [3.63, 3.8) is 0 Å². The number of aldehydes is 1. The van der Waals surface area contributed by atoms with E-state index in [1.54, 1.807) is 0 Å². The zero-order valence-electron chi connectivity index (χ0n) is 9.78. The van der Waals surface area contributed by atoms with Crippen LogP contribution in [0.3, 0.4) is 0 Å². The number of amides is 1. The highest BCUT2D eigenvalue weighted by atomic mass is 16.6. The molecule has 8 nitrogen and oxygen atoms in total. The summed E-state index contributed by atoms with van der Waals surface area (Å²) in [6.07, 6.45) is 0.455. The second-order valence-electron chi connectivity index (χ2n) is 3.66. The molecule has 9 heteroatoms. The van der Waals surface area contributed by atoms with Gasteiger partial charge in [0.1, 0.15) is 12.0 Å². The van der Waals surface area contributed by atoms with Crippen LogP contribution in [0.4, 0.5) is 11.4 Å². The summed E-state index contributed by atoms with van der Waals surface area (Å²) in [7, 11) is -1.80. The smallest absolute Gasteiger partial charge is 0.423 e. The van der Waals surface area contributed by atoms with Crippen LogP contribution in [-0.2, 0) is 9.59 Å². The molecule has 1 amide bonds. The van der Waals surface area contributed by atoms with E-state index in [1.807, 2.05) is 0 Å². The molecule has 3 N–H and O–H groups in total. The number of anilines is 1. The third-order valence-electron chi connectivity index (χ3n) is 2.28. The topological polar surface area (TPSA) is 130 Å². The van der Waals surface area contributed by atoms with Crippen LogP contribution in [0.2, 0.25) is 0 Å². The second-order valence-corrected chi connectivity index (χ2v) is 3.66. The van der Waals surface area contributed by atoms with Crippen LogP contribution in [0.1, 0.15) is 12.8 Å². The van der Waals surface area contributed by atoms with Crippen molar-refractivity contribution >= 4 is 36.1 Å². The lowest BCUT2D eigenvalue weighted by molar-refractivity contribution is -0.383. The SMILES string of the molecule is O=CCCC(=O)Nc1cc(B(O)O)ccc1[N+](=O)[O-]. The van der Waals surface area contributed by atoms with E-state index in [9.17, 15) is 19.7 Å². The molecule has 100 valence electrons. The van der Waals surface area contributed by atoms with Gasteiger partial charge >= 0.3 is 7.12 Å². The number of carbonyl (C=O) groups excluding carboxylic acids is 2. The van der Waals surface area contributed by atoms with Gasteiger partial charge in [-0.2, -0.15) is 0 Å². The van der Waals surface area contributed by atoms with E-state index >= 15 is 0 Å². The molecule has 1 rings (SSSR count). The number of nitro benzene ring substituents is 1. The Kier molecular flexibility index (Phi) is 5.16. The van der Waals surface area contributed by atoms with E-state index in [1.165, 1.54) is 6.07 Å². The van der Waals surface area contributed by atoms with Gasteiger partial charge in [-0.15, -0.1) is 0 Å². The summed E-state index contributed by atoms with van der Waals surface area (Å²) in [5.74, 6) is -0.570. The van der Waals surface area contributed by atoms with Crippen LogP contribution >= 0.6 is 0 Å². The van der Waals surface area contributed by atoms with E-state index in [-0.39, 0.29) is 29.7 Å². The lowest BCUT2D eigenvalue weighted by Crippen LogP contribution is -2.30. The first-order chi connectivity index (χ1) is 8.95. The first kappa shape index (κ1) is 14.8. The van der Waals surface area contributed by atoms with E-state index in [0.717, 1.165) is 12.1 Å². The molecule has 0 saturated heterocycles. The van der Waals surface area contributed by atoms with Crippen molar-refractivity contribution < 1.29 is 24.6 Å². The van der Waals surface area contributed by atoms with Crippen LogP contribution in [0.25, 0.3) is 0 Å². The Morgan fingerprint density at radius 1 is 1.47 bits per heavy atom. The van der Waals surface area contributed by atoms with Crippen LogP contribution in [0.5, 0.6) is 0 Å². The fourth-order valence-electron chi connectivity index (χ4n) is 1.38. The van der Waals surface area contributed by atoms with E-state index < -0.39 is 17.9 Å². The van der Waals surface area contributed by atoms with Gasteiger partial charge in [0.05, 0.1) is 4.92 Å². The zero-order chi connectivity index (χ0) is 14.4. The molecule has 0 unspecified atom stereocenters. The van der Waals surface area contributed by atoms with Gasteiger partial charge in [-0.25, -0.2) is 0 Å². The minimum atomic E-state index is -1.80.